The lowest BCUT2D eigenvalue weighted by atomic mass is 10.1. The van der Waals surface area contributed by atoms with Gasteiger partial charge in [-0.2, -0.15) is 13.2 Å². The first-order valence-corrected chi connectivity index (χ1v) is 7.30. The third-order valence-electron chi connectivity index (χ3n) is 4.25. The highest BCUT2D eigenvalue weighted by molar-refractivity contribution is 5.69. The van der Waals surface area contributed by atoms with Crippen molar-refractivity contribution in [3.8, 4) is 0 Å². The molecule has 1 fully saturated rings. The maximum atomic E-state index is 12.9. The maximum Gasteiger partial charge on any atom is 0.417 e. The third-order valence-corrected chi connectivity index (χ3v) is 4.25. The summed E-state index contributed by atoms with van der Waals surface area (Å²) in [4.78, 5) is 8.32. The summed E-state index contributed by atoms with van der Waals surface area (Å²) in [6.45, 7) is 5.89. The van der Waals surface area contributed by atoms with Crippen LogP contribution >= 0.6 is 0 Å². The van der Waals surface area contributed by atoms with Gasteiger partial charge in [-0.1, -0.05) is 0 Å². The Morgan fingerprint density at radius 2 is 2.19 bits per heavy atom. The average molecular weight is 300 g/mol. The highest BCUT2D eigenvalue weighted by atomic mass is 19.4. The Kier molecular flexibility index (Phi) is 3.69. The molecule has 0 aliphatic carbocycles. The molecule has 116 valence electrons. The predicted octanol–water partition coefficient (Wildman–Crippen LogP) is 2.11. The van der Waals surface area contributed by atoms with Gasteiger partial charge in [0.15, 0.2) is 5.82 Å². The van der Waals surface area contributed by atoms with Crippen molar-refractivity contribution in [1.29, 1.82) is 0 Å². The molecule has 0 aromatic carbocycles. The Morgan fingerprint density at radius 1 is 1.38 bits per heavy atom. The quantitative estimate of drug-likeness (QED) is 0.861. The molecule has 1 saturated heterocycles. The second-order valence-corrected chi connectivity index (χ2v) is 5.48. The number of piperazine rings is 1. The number of nitrogens with zero attached hydrogens (tertiary/aromatic N) is 3. The van der Waals surface area contributed by atoms with Gasteiger partial charge >= 0.3 is 6.18 Å². The lowest BCUT2D eigenvalue weighted by Gasteiger charge is -2.36. The van der Waals surface area contributed by atoms with Crippen LogP contribution in [0.15, 0.2) is 12.3 Å². The molecule has 0 amide bonds. The minimum Gasteiger partial charge on any atom is -0.369 e. The number of alkyl halides is 3. The number of anilines is 2. The molecule has 21 heavy (non-hydrogen) atoms. The molecule has 1 atom stereocenters. The summed E-state index contributed by atoms with van der Waals surface area (Å²) in [5.74, 6) is 0.689. The number of hydrogen-bond acceptors (Lipinski definition) is 4. The molecule has 0 radical (unpaired) electrons. The van der Waals surface area contributed by atoms with Crippen molar-refractivity contribution in [2.45, 2.75) is 25.6 Å². The van der Waals surface area contributed by atoms with E-state index in [1.807, 2.05) is 11.8 Å². The number of nitrogens with one attached hydrogen (secondary N) is 1. The molecule has 1 unspecified atom stereocenters. The van der Waals surface area contributed by atoms with Gasteiger partial charge in [-0.05, 0) is 19.4 Å². The van der Waals surface area contributed by atoms with Gasteiger partial charge in [-0.25, -0.2) is 4.98 Å². The van der Waals surface area contributed by atoms with E-state index in [1.165, 1.54) is 6.07 Å². The summed E-state index contributed by atoms with van der Waals surface area (Å²) in [6.07, 6.45) is -2.47. The number of rotatable bonds is 1. The zero-order chi connectivity index (χ0) is 15.0. The number of hydrogen-bond donors (Lipinski definition) is 1. The second kappa shape index (κ2) is 5.36. The number of pyridine rings is 1. The first kappa shape index (κ1) is 14.4. The smallest absolute Gasteiger partial charge is 0.369 e. The Hall–Kier alpha value is -1.50. The fourth-order valence-electron chi connectivity index (χ4n) is 3.11. The third kappa shape index (κ3) is 2.66. The molecule has 1 N–H and O–H groups in total. The van der Waals surface area contributed by atoms with Crippen molar-refractivity contribution < 1.29 is 13.2 Å². The fraction of sp³-hybridized carbons (Fsp3) is 0.643. The zero-order valence-electron chi connectivity index (χ0n) is 12.0. The van der Waals surface area contributed by atoms with E-state index < -0.39 is 11.7 Å². The summed E-state index contributed by atoms with van der Waals surface area (Å²) >= 11 is 0. The van der Waals surface area contributed by atoms with Gasteiger partial charge in [-0.3, -0.25) is 0 Å². The standard InChI is InChI=1S/C14H19F3N4/c1-2-20-5-3-11-9-18-4-6-21(11)13-12(20)7-10(8-19-13)14(15,16)17/h7-8,11,18H,2-6,9H2,1H3. The van der Waals surface area contributed by atoms with Gasteiger partial charge < -0.3 is 15.1 Å². The van der Waals surface area contributed by atoms with Gasteiger partial charge in [0, 0.05) is 45.0 Å². The monoisotopic (exact) mass is 300 g/mol. The average Bonchev–Trinajstić information content (AvgIpc) is 2.62. The Bertz CT molecular complexity index is 517. The topological polar surface area (TPSA) is 31.4 Å². The Balaban J connectivity index is 2.06. The number of halogens is 3. The molecule has 2 aliphatic heterocycles. The fourth-order valence-corrected chi connectivity index (χ4v) is 3.11. The molecule has 0 saturated carbocycles. The summed E-state index contributed by atoms with van der Waals surface area (Å²) in [7, 11) is 0. The van der Waals surface area contributed by atoms with Gasteiger partial charge in [0.05, 0.1) is 11.3 Å². The molecule has 3 rings (SSSR count). The van der Waals surface area contributed by atoms with E-state index in [0.717, 1.165) is 38.8 Å². The first-order valence-electron chi connectivity index (χ1n) is 7.30. The van der Waals surface area contributed by atoms with Crippen LogP contribution in [-0.4, -0.2) is 43.7 Å². The van der Waals surface area contributed by atoms with Crippen LogP contribution in [0.5, 0.6) is 0 Å². The van der Waals surface area contributed by atoms with Crippen LogP contribution in [-0.2, 0) is 6.18 Å². The second-order valence-electron chi connectivity index (χ2n) is 5.48. The van der Waals surface area contributed by atoms with Crippen LogP contribution in [0.1, 0.15) is 18.9 Å². The van der Waals surface area contributed by atoms with Crippen molar-refractivity contribution in [1.82, 2.24) is 10.3 Å². The van der Waals surface area contributed by atoms with Crippen molar-refractivity contribution in [2.24, 2.45) is 0 Å². The van der Waals surface area contributed by atoms with Crippen molar-refractivity contribution in [3.05, 3.63) is 17.8 Å². The highest BCUT2D eigenvalue weighted by Gasteiger charge is 2.35. The van der Waals surface area contributed by atoms with Crippen molar-refractivity contribution >= 4 is 11.5 Å². The Morgan fingerprint density at radius 3 is 2.90 bits per heavy atom. The van der Waals surface area contributed by atoms with E-state index in [-0.39, 0.29) is 0 Å². The lowest BCUT2D eigenvalue weighted by Crippen LogP contribution is -2.51. The number of fused-ring (bicyclic) bond motifs is 3. The van der Waals surface area contributed by atoms with Crippen LogP contribution in [0, 0.1) is 0 Å². The minimum absolute atomic E-state index is 0.304. The minimum atomic E-state index is -4.35. The molecule has 0 spiro atoms. The molecule has 3 heterocycles. The van der Waals surface area contributed by atoms with Crippen molar-refractivity contribution in [3.63, 3.8) is 0 Å². The highest BCUT2D eigenvalue weighted by Crippen LogP contribution is 2.38. The van der Waals surface area contributed by atoms with E-state index in [4.69, 9.17) is 0 Å². The predicted molar refractivity (Wildman–Crippen MR) is 75.7 cm³/mol. The van der Waals surface area contributed by atoms with Crippen LogP contribution < -0.4 is 15.1 Å². The van der Waals surface area contributed by atoms with Gasteiger partial charge in [0.1, 0.15) is 0 Å². The molecule has 0 bridgehead atoms. The first-order chi connectivity index (χ1) is 10.0. The van der Waals surface area contributed by atoms with Crippen LogP contribution in [0.3, 0.4) is 0 Å². The normalized spacial score (nSPS) is 22.6. The van der Waals surface area contributed by atoms with Crippen LogP contribution in [0.25, 0.3) is 0 Å². The van der Waals surface area contributed by atoms with E-state index >= 15 is 0 Å². The number of aromatic nitrogens is 1. The molecule has 2 aliphatic rings. The largest absolute Gasteiger partial charge is 0.417 e. The maximum absolute atomic E-state index is 12.9. The van der Waals surface area contributed by atoms with Gasteiger partial charge in [-0.15, -0.1) is 0 Å². The van der Waals surface area contributed by atoms with Crippen LogP contribution in [0.4, 0.5) is 24.7 Å². The molecular formula is C14H19F3N4. The molecule has 1 aromatic heterocycles. The summed E-state index contributed by atoms with van der Waals surface area (Å²) in [5.41, 5.74) is -0.0648. The van der Waals surface area contributed by atoms with E-state index in [2.05, 4.69) is 15.2 Å². The van der Waals surface area contributed by atoms with E-state index in [9.17, 15) is 13.2 Å². The molecular weight excluding hydrogens is 281 g/mol. The summed E-state index contributed by atoms with van der Waals surface area (Å²) in [6, 6.07) is 1.55. The molecule has 4 nitrogen and oxygen atoms in total. The SMILES string of the molecule is CCN1CCC2CNCCN2c2ncc(C(F)(F)F)cc21. The zero-order valence-corrected chi connectivity index (χ0v) is 12.0. The molecule has 7 heteroatoms. The summed E-state index contributed by atoms with van der Waals surface area (Å²) < 4.78 is 38.8. The van der Waals surface area contributed by atoms with E-state index in [1.54, 1.807) is 0 Å². The van der Waals surface area contributed by atoms with Crippen molar-refractivity contribution in [2.75, 3.05) is 42.5 Å². The van der Waals surface area contributed by atoms with Gasteiger partial charge in [0.25, 0.3) is 0 Å². The lowest BCUT2D eigenvalue weighted by molar-refractivity contribution is -0.137. The van der Waals surface area contributed by atoms with Crippen LogP contribution in [0.2, 0.25) is 0 Å². The Labute approximate surface area is 121 Å². The van der Waals surface area contributed by atoms with E-state index in [0.29, 0.717) is 24.1 Å². The summed E-state index contributed by atoms with van der Waals surface area (Å²) in [5, 5.41) is 3.34. The molecule has 1 aromatic rings. The van der Waals surface area contributed by atoms with Gasteiger partial charge in [0.2, 0.25) is 0 Å².